The Bertz CT molecular complexity index is 781. The van der Waals surface area contributed by atoms with Gasteiger partial charge in [-0.2, -0.15) is 0 Å². The Morgan fingerprint density at radius 3 is 2.38 bits per heavy atom. The van der Waals surface area contributed by atoms with Gasteiger partial charge in [0.05, 0.1) is 5.69 Å². The third-order valence-corrected chi connectivity index (χ3v) is 3.99. The van der Waals surface area contributed by atoms with Crippen LogP contribution >= 0.6 is 0 Å². The van der Waals surface area contributed by atoms with Crippen LogP contribution in [0.2, 0.25) is 0 Å². The van der Waals surface area contributed by atoms with E-state index in [2.05, 4.69) is 5.32 Å². The van der Waals surface area contributed by atoms with Crippen LogP contribution < -0.4 is 10.2 Å². The van der Waals surface area contributed by atoms with Gasteiger partial charge in [0.1, 0.15) is 0 Å². The highest BCUT2D eigenvalue weighted by Gasteiger charge is 2.30. The number of rotatable bonds is 4. The zero-order valence-electron chi connectivity index (χ0n) is 13.4. The molecule has 1 aliphatic heterocycles. The summed E-state index contributed by atoms with van der Waals surface area (Å²) in [6.45, 7) is 2.43. The quantitative estimate of drug-likeness (QED) is 0.880. The van der Waals surface area contributed by atoms with Gasteiger partial charge in [-0.05, 0) is 30.7 Å². The molecule has 0 spiro atoms. The van der Waals surface area contributed by atoms with Gasteiger partial charge in [0.2, 0.25) is 11.8 Å². The maximum absolute atomic E-state index is 12.3. The molecule has 1 aliphatic rings. The topological polar surface area (TPSA) is 66.5 Å². The summed E-state index contributed by atoms with van der Waals surface area (Å²) in [5.41, 5.74) is 3.05. The zero-order valence-corrected chi connectivity index (χ0v) is 13.4. The van der Waals surface area contributed by atoms with Crippen molar-refractivity contribution in [2.45, 2.75) is 26.3 Å². The molecular weight excluding hydrogens is 304 g/mol. The number of imide groups is 1. The first kappa shape index (κ1) is 15.9. The highest BCUT2D eigenvalue weighted by Crippen LogP contribution is 2.23. The van der Waals surface area contributed by atoms with Gasteiger partial charge in [-0.1, -0.05) is 35.9 Å². The average molecular weight is 322 g/mol. The lowest BCUT2D eigenvalue weighted by Crippen LogP contribution is -2.29. The van der Waals surface area contributed by atoms with Crippen molar-refractivity contribution in [3.8, 4) is 0 Å². The zero-order chi connectivity index (χ0) is 17.1. The second-order valence-corrected chi connectivity index (χ2v) is 5.84. The van der Waals surface area contributed by atoms with E-state index < -0.39 is 0 Å². The molecule has 2 aromatic rings. The highest BCUT2D eigenvalue weighted by atomic mass is 16.2. The van der Waals surface area contributed by atoms with E-state index >= 15 is 0 Å². The first-order chi connectivity index (χ1) is 11.5. The van der Waals surface area contributed by atoms with Crippen LogP contribution in [0.15, 0.2) is 48.5 Å². The van der Waals surface area contributed by atoms with E-state index in [1.54, 1.807) is 24.3 Å². The van der Waals surface area contributed by atoms with Crippen LogP contribution in [0.3, 0.4) is 0 Å². The number of aryl methyl sites for hydroxylation is 1. The summed E-state index contributed by atoms with van der Waals surface area (Å²) in [6, 6.07) is 14.5. The summed E-state index contributed by atoms with van der Waals surface area (Å²) < 4.78 is 0. The summed E-state index contributed by atoms with van der Waals surface area (Å²) in [6.07, 6.45) is 0.450. The van der Waals surface area contributed by atoms with Crippen molar-refractivity contribution in [1.82, 2.24) is 5.32 Å². The Balaban J connectivity index is 1.71. The smallest absolute Gasteiger partial charge is 0.251 e. The fourth-order valence-corrected chi connectivity index (χ4v) is 2.64. The normalized spacial score (nSPS) is 14.1. The number of hydrogen-bond acceptors (Lipinski definition) is 3. The van der Waals surface area contributed by atoms with Crippen LogP contribution in [0.1, 0.15) is 34.3 Å². The Morgan fingerprint density at radius 1 is 1.04 bits per heavy atom. The van der Waals surface area contributed by atoms with Crippen LogP contribution in [-0.2, 0) is 16.1 Å². The van der Waals surface area contributed by atoms with Crippen molar-refractivity contribution in [3.05, 3.63) is 65.2 Å². The second-order valence-electron chi connectivity index (χ2n) is 5.84. The minimum atomic E-state index is -0.239. The van der Waals surface area contributed by atoms with Crippen LogP contribution in [0.5, 0.6) is 0 Å². The molecule has 0 unspecified atom stereocenters. The lowest BCUT2D eigenvalue weighted by Gasteiger charge is -2.14. The largest absolute Gasteiger partial charge is 0.348 e. The highest BCUT2D eigenvalue weighted by molar-refractivity contribution is 6.20. The van der Waals surface area contributed by atoms with Crippen LogP contribution in [0.4, 0.5) is 5.69 Å². The van der Waals surface area contributed by atoms with Gasteiger partial charge in [-0.25, -0.2) is 0 Å². The molecule has 3 rings (SSSR count). The molecule has 0 aliphatic carbocycles. The fraction of sp³-hybridized carbons (Fsp3) is 0.211. The van der Waals surface area contributed by atoms with Crippen LogP contribution in [0.25, 0.3) is 0 Å². The van der Waals surface area contributed by atoms with E-state index in [1.165, 1.54) is 0 Å². The van der Waals surface area contributed by atoms with Crippen molar-refractivity contribution >= 4 is 23.4 Å². The first-order valence-corrected chi connectivity index (χ1v) is 7.84. The molecule has 0 bridgehead atoms. The van der Waals surface area contributed by atoms with Gasteiger partial charge in [-0.15, -0.1) is 0 Å². The molecule has 3 amide bonds. The fourth-order valence-electron chi connectivity index (χ4n) is 2.64. The summed E-state index contributed by atoms with van der Waals surface area (Å²) in [5.74, 6) is -0.689. The molecule has 1 N–H and O–H groups in total. The van der Waals surface area contributed by atoms with Crippen molar-refractivity contribution in [1.29, 1.82) is 0 Å². The number of amides is 3. The third kappa shape index (κ3) is 3.35. The Kier molecular flexibility index (Phi) is 4.42. The van der Waals surface area contributed by atoms with Crippen LogP contribution in [0, 0.1) is 6.92 Å². The van der Waals surface area contributed by atoms with Crippen molar-refractivity contribution in [3.63, 3.8) is 0 Å². The molecule has 1 fully saturated rings. The molecule has 122 valence electrons. The van der Waals surface area contributed by atoms with Crippen molar-refractivity contribution < 1.29 is 14.4 Å². The van der Waals surface area contributed by atoms with Crippen LogP contribution in [-0.4, -0.2) is 17.7 Å². The molecule has 1 heterocycles. The SMILES string of the molecule is Cc1ccc(CNC(=O)c2cccc(N3C(=O)CCC3=O)c2)cc1. The van der Waals surface area contributed by atoms with E-state index in [-0.39, 0.29) is 30.6 Å². The average Bonchev–Trinajstić information content (AvgIpc) is 2.93. The van der Waals surface area contributed by atoms with E-state index in [1.807, 2.05) is 31.2 Å². The summed E-state index contributed by atoms with van der Waals surface area (Å²) in [4.78, 5) is 37.1. The first-order valence-electron chi connectivity index (χ1n) is 7.84. The van der Waals surface area contributed by atoms with Crippen molar-refractivity contribution in [2.75, 3.05) is 4.90 Å². The number of carbonyl (C=O) groups excluding carboxylic acids is 3. The maximum Gasteiger partial charge on any atom is 0.251 e. The second kappa shape index (κ2) is 6.66. The molecule has 0 aromatic heterocycles. The predicted octanol–water partition coefficient (Wildman–Crippen LogP) is 2.58. The molecule has 0 radical (unpaired) electrons. The molecule has 5 heteroatoms. The number of nitrogens with zero attached hydrogens (tertiary/aromatic N) is 1. The van der Waals surface area contributed by atoms with E-state index in [0.29, 0.717) is 17.8 Å². The molecule has 0 atom stereocenters. The van der Waals surface area contributed by atoms with E-state index in [9.17, 15) is 14.4 Å². The minimum Gasteiger partial charge on any atom is -0.348 e. The number of nitrogens with one attached hydrogen (secondary N) is 1. The third-order valence-electron chi connectivity index (χ3n) is 3.99. The number of anilines is 1. The van der Waals surface area contributed by atoms with Gasteiger partial charge in [0.15, 0.2) is 0 Å². The lowest BCUT2D eigenvalue weighted by molar-refractivity contribution is -0.121. The molecule has 2 aromatic carbocycles. The van der Waals surface area contributed by atoms with Gasteiger partial charge in [0.25, 0.3) is 5.91 Å². The Labute approximate surface area is 140 Å². The van der Waals surface area contributed by atoms with Gasteiger partial charge < -0.3 is 5.32 Å². The molecule has 24 heavy (non-hydrogen) atoms. The molecule has 5 nitrogen and oxygen atoms in total. The number of carbonyl (C=O) groups is 3. The number of hydrogen-bond donors (Lipinski definition) is 1. The van der Waals surface area contributed by atoms with Gasteiger partial charge in [0, 0.05) is 24.9 Å². The molecule has 1 saturated heterocycles. The summed E-state index contributed by atoms with van der Waals surface area (Å²) >= 11 is 0. The Hall–Kier alpha value is -2.95. The summed E-state index contributed by atoms with van der Waals surface area (Å²) in [7, 11) is 0. The van der Waals surface area contributed by atoms with E-state index in [4.69, 9.17) is 0 Å². The monoisotopic (exact) mass is 322 g/mol. The lowest BCUT2D eigenvalue weighted by atomic mass is 10.1. The Morgan fingerprint density at radius 2 is 1.71 bits per heavy atom. The summed E-state index contributed by atoms with van der Waals surface area (Å²) in [5, 5.41) is 2.85. The van der Waals surface area contributed by atoms with Gasteiger partial charge >= 0.3 is 0 Å². The van der Waals surface area contributed by atoms with E-state index in [0.717, 1.165) is 16.0 Å². The predicted molar refractivity (Wildman–Crippen MR) is 90.5 cm³/mol. The standard InChI is InChI=1S/C19H18N2O3/c1-13-5-7-14(8-6-13)12-20-19(24)15-3-2-4-16(11-15)21-17(22)9-10-18(21)23/h2-8,11H,9-10,12H2,1H3,(H,20,24). The molecule has 0 saturated carbocycles. The maximum atomic E-state index is 12.3. The number of benzene rings is 2. The minimum absolute atomic E-state index is 0.225. The van der Waals surface area contributed by atoms with Crippen molar-refractivity contribution in [2.24, 2.45) is 0 Å². The van der Waals surface area contributed by atoms with Gasteiger partial charge in [-0.3, -0.25) is 19.3 Å². The molecular formula is C19H18N2O3.